The molecule has 1 heterocycles. The van der Waals surface area contributed by atoms with Gasteiger partial charge in [-0.25, -0.2) is 8.42 Å². The third-order valence-electron chi connectivity index (χ3n) is 5.29. The van der Waals surface area contributed by atoms with Crippen molar-refractivity contribution in [2.75, 3.05) is 18.7 Å². The lowest BCUT2D eigenvalue weighted by molar-refractivity contribution is -0.117. The first-order valence-electron chi connectivity index (χ1n) is 10.9. The van der Waals surface area contributed by atoms with Crippen LogP contribution in [0.1, 0.15) is 18.1 Å². The van der Waals surface area contributed by atoms with Gasteiger partial charge in [-0.3, -0.25) is 4.79 Å². The van der Waals surface area contributed by atoms with E-state index in [1.54, 1.807) is 31.2 Å². The highest BCUT2D eigenvalue weighted by molar-refractivity contribution is 7.89. The zero-order valence-electron chi connectivity index (χ0n) is 18.9. The van der Waals surface area contributed by atoms with Crippen molar-refractivity contribution in [1.82, 2.24) is 4.72 Å². The molecule has 0 fully saturated rings. The topological polar surface area (TPSA) is 103 Å². The number of aryl methyl sites for hydroxylation is 1. The maximum absolute atomic E-state index is 13.2. The number of hydrogen-bond donors (Lipinski definition) is 2. The molecule has 0 bridgehead atoms. The van der Waals surface area contributed by atoms with Gasteiger partial charge in [-0.15, -0.1) is 0 Å². The average molecular weight is 483 g/mol. The number of carbonyl (C=O) groups is 1. The fourth-order valence-corrected chi connectivity index (χ4v) is 4.88. The minimum atomic E-state index is -3.99. The monoisotopic (exact) mass is 482 g/mol. The SMILES string of the molecule is CCOc1ccc(S(=O)(=O)NC(Cc2ccccc2)C(=O)Nc2ccc3c(c2)OCO3)cc1C. The second kappa shape index (κ2) is 10.1. The van der Waals surface area contributed by atoms with Crippen LogP contribution in [-0.2, 0) is 21.2 Å². The summed E-state index contributed by atoms with van der Waals surface area (Å²) in [4.78, 5) is 13.3. The van der Waals surface area contributed by atoms with Gasteiger partial charge < -0.3 is 19.5 Å². The summed E-state index contributed by atoms with van der Waals surface area (Å²) < 4.78 is 45.1. The number of hydrogen-bond acceptors (Lipinski definition) is 6. The smallest absolute Gasteiger partial charge is 0.242 e. The van der Waals surface area contributed by atoms with Gasteiger partial charge in [0.05, 0.1) is 11.5 Å². The number of benzene rings is 3. The van der Waals surface area contributed by atoms with Gasteiger partial charge >= 0.3 is 0 Å². The van der Waals surface area contributed by atoms with E-state index < -0.39 is 22.0 Å². The molecule has 8 nitrogen and oxygen atoms in total. The number of nitrogens with one attached hydrogen (secondary N) is 2. The van der Waals surface area contributed by atoms with Gasteiger partial charge in [0.25, 0.3) is 0 Å². The Kier molecular flexibility index (Phi) is 7.04. The van der Waals surface area contributed by atoms with Crippen LogP contribution in [0.15, 0.2) is 71.6 Å². The summed E-state index contributed by atoms with van der Waals surface area (Å²) in [5.41, 5.74) is 1.98. The van der Waals surface area contributed by atoms with Crippen molar-refractivity contribution in [3.63, 3.8) is 0 Å². The number of rotatable bonds is 9. The van der Waals surface area contributed by atoms with Gasteiger partial charge in [-0.2, -0.15) is 4.72 Å². The molecule has 4 rings (SSSR count). The number of anilines is 1. The van der Waals surface area contributed by atoms with Crippen LogP contribution < -0.4 is 24.2 Å². The molecule has 34 heavy (non-hydrogen) atoms. The van der Waals surface area contributed by atoms with Crippen molar-refractivity contribution in [2.24, 2.45) is 0 Å². The maximum Gasteiger partial charge on any atom is 0.242 e. The Bertz CT molecular complexity index is 1280. The Hall–Kier alpha value is -3.56. The number of fused-ring (bicyclic) bond motifs is 1. The summed E-state index contributed by atoms with van der Waals surface area (Å²) >= 11 is 0. The van der Waals surface area contributed by atoms with Crippen molar-refractivity contribution < 1.29 is 27.4 Å². The van der Waals surface area contributed by atoms with Gasteiger partial charge in [0.15, 0.2) is 11.5 Å². The van der Waals surface area contributed by atoms with E-state index in [9.17, 15) is 13.2 Å². The Morgan fingerprint density at radius 2 is 1.79 bits per heavy atom. The maximum atomic E-state index is 13.2. The van der Waals surface area contributed by atoms with E-state index in [0.717, 1.165) is 5.56 Å². The van der Waals surface area contributed by atoms with Gasteiger partial charge in [-0.1, -0.05) is 30.3 Å². The van der Waals surface area contributed by atoms with Crippen LogP contribution in [0.25, 0.3) is 0 Å². The van der Waals surface area contributed by atoms with E-state index in [1.807, 2.05) is 37.3 Å². The van der Waals surface area contributed by atoms with Gasteiger partial charge in [0.1, 0.15) is 11.8 Å². The normalized spacial score (nSPS) is 13.4. The number of carbonyl (C=O) groups excluding carboxylic acids is 1. The Labute approximate surface area is 198 Å². The molecule has 0 aliphatic carbocycles. The fraction of sp³-hybridized carbons (Fsp3) is 0.240. The van der Waals surface area contributed by atoms with E-state index in [0.29, 0.717) is 35.1 Å². The third kappa shape index (κ3) is 5.49. The first-order valence-corrected chi connectivity index (χ1v) is 12.3. The van der Waals surface area contributed by atoms with E-state index in [-0.39, 0.29) is 18.1 Å². The highest BCUT2D eigenvalue weighted by atomic mass is 32.2. The van der Waals surface area contributed by atoms with E-state index >= 15 is 0 Å². The van der Waals surface area contributed by atoms with Crippen molar-refractivity contribution in [3.05, 3.63) is 77.9 Å². The number of sulfonamides is 1. The fourth-order valence-electron chi connectivity index (χ4n) is 3.60. The molecule has 0 spiro atoms. The van der Waals surface area contributed by atoms with E-state index in [1.165, 1.54) is 12.1 Å². The van der Waals surface area contributed by atoms with Crippen LogP contribution in [-0.4, -0.2) is 33.8 Å². The zero-order chi connectivity index (χ0) is 24.1. The Morgan fingerprint density at radius 3 is 2.53 bits per heavy atom. The highest BCUT2D eigenvalue weighted by Crippen LogP contribution is 2.34. The van der Waals surface area contributed by atoms with Crippen LogP contribution in [0.4, 0.5) is 5.69 Å². The van der Waals surface area contributed by atoms with Crippen LogP contribution in [0.2, 0.25) is 0 Å². The van der Waals surface area contributed by atoms with Crippen molar-refractivity contribution >= 4 is 21.6 Å². The summed E-state index contributed by atoms with van der Waals surface area (Å²) in [6.45, 7) is 4.23. The third-order valence-corrected chi connectivity index (χ3v) is 6.76. The Balaban J connectivity index is 1.57. The largest absolute Gasteiger partial charge is 0.494 e. The van der Waals surface area contributed by atoms with Gasteiger partial charge in [0, 0.05) is 11.8 Å². The van der Waals surface area contributed by atoms with Crippen LogP contribution in [0, 0.1) is 6.92 Å². The standard InChI is InChI=1S/C25H26N2O6S/c1-3-31-22-12-10-20(13-17(22)2)34(29,30)27-21(14-18-7-5-4-6-8-18)25(28)26-19-9-11-23-24(15-19)33-16-32-23/h4-13,15,21,27H,3,14,16H2,1-2H3,(H,26,28). The molecule has 3 aromatic carbocycles. The summed E-state index contributed by atoms with van der Waals surface area (Å²) in [6, 6.07) is 17.8. The molecule has 0 saturated heterocycles. The molecule has 1 amide bonds. The van der Waals surface area contributed by atoms with Crippen molar-refractivity contribution in [1.29, 1.82) is 0 Å². The number of amides is 1. The first kappa shape index (κ1) is 23.6. The predicted molar refractivity (Wildman–Crippen MR) is 128 cm³/mol. The molecule has 2 N–H and O–H groups in total. The Morgan fingerprint density at radius 1 is 1.03 bits per heavy atom. The molecule has 0 radical (unpaired) electrons. The molecule has 9 heteroatoms. The molecule has 0 saturated carbocycles. The lowest BCUT2D eigenvalue weighted by Crippen LogP contribution is -2.45. The molecule has 1 aliphatic rings. The summed E-state index contributed by atoms with van der Waals surface area (Å²) in [5, 5.41) is 2.78. The van der Waals surface area contributed by atoms with E-state index in [2.05, 4.69) is 10.0 Å². The van der Waals surface area contributed by atoms with Crippen LogP contribution >= 0.6 is 0 Å². The predicted octanol–water partition coefficient (Wildman–Crippen LogP) is 3.65. The molecule has 178 valence electrons. The van der Waals surface area contributed by atoms with E-state index in [4.69, 9.17) is 14.2 Å². The molecule has 1 atom stereocenters. The first-order chi connectivity index (χ1) is 16.4. The van der Waals surface area contributed by atoms with Crippen LogP contribution in [0.3, 0.4) is 0 Å². The molecular weight excluding hydrogens is 456 g/mol. The molecule has 1 aliphatic heterocycles. The van der Waals surface area contributed by atoms with Crippen molar-refractivity contribution in [3.8, 4) is 17.2 Å². The second-order valence-corrected chi connectivity index (χ2v) is 9.50. The van der Waals surface area contributed by atoms with Crippen LogP contribution in [0.5, 0.6) is 17.2 Å². The number of ether oxygens (including phenoxy) is 3. The molecule has 3 aromatic rings. The summed E-state index contributed by atoms with van der Waals surface area (Å²) in [5.74, 6) is 1.23. The van der Waals surface area contributed by atoms with Crippen molar-refractivity contribution in [2.45, 2.75) is 31.2 Å². The lowest BCUT2D eigenvalue weighted by atomic mass is 10.1. The lowest BCUT2D eigenvalue weighted by Gasteiger charge is -2.19. The summed E-state index contributed by atoms with van der Waals surface area (Å²) in [7, 11) is -3.99. The molecule has 1 unspecified atom stereocenters. The quantitative estimate of drug-likeness (QED) is 0.483. The van der Waals surface area contributed by atoms with Gasteiger partial charge in [0.2, 0.25) is 22.7 Å². The average Bonchev–Trinajstić information content (AvgIpc) is 3.28. The highest BCUT2D eigenvalue weighted by Gasteiger charge is 2.27. The van der Waals surface area contributed by atoms with Gasteiger partial charge in [-0.05, 0) is 61.7 Å². The minimum Gasteiger partial charge on any atom is -0.494 e. The summed E-state index contributed by atoms with van der Waals surface area (Å²) in [6.07, 6.45) is 0.173. The molecule has 0 aromatic heterocycles. The minimum absolute atomic E-state index is 0.0578. The molecular formula is C25H26N2O6S. The second-order valence-electron chi connectivity index (χ2n) is 7.78. The zero-order valence-corrected chi connectivity index (χ0v) is 19.7.